The summed E-state index contributed by atoms with van der Waals surface area (Å²) in [5.41, 5.74) is -1.03. The predicted octanol–water partition coefficient (Wildman–Crippen LogP) is 1.68. The van der Waals surface area contributed by atoms with Gasteiger partial charge in [0.15, 0.2) is 0 Å². The molecule has 0 N–H and O–H groups in total. The van der Waals surface area contributed by atoms with Crippen molar-refractivity contribution < 1.29 is 37.5 Å². The second-order valence-corrected chi connectivity index (χ2v) is 8.59. The Hall–Kier alpha value is -3.18. The van der Waals surface area contributed by atoms with Gasteiger partial charge in [-0.25, -0.2) is 4.39 Å². The molecule has 0 radical (unpaired) electrons. The maximum atomic E-state index is 13.3. The van der Waals surface area contributed by atoms with Gasteiger partial charge in [-0.15, -0.1) is 0 Å². The average Bonchev–Trinajstić information content (AvgIpc) is 3.36. The number of carbonyl (C=O) groups is 2. The molecule has 1 aromatic heterocycles. The number of rotatable bonds is 9. The fraction of sp³-hybridized carbons (Fsp3) is 0.542. The molecule has 2 amide bonds. The predicted molar refractivity (Wildman–Crippen MR) is 121 cm³/mol. The zero-order chi connectivity index (χ0) is 24.7. The molecule has 0 unspecified atom stereocenters. The highest BCUT2D eigenvalue weighted by Gasteiger charge is 2.42. The number of aromatic nitrogens is 1. The molecule has 1 aromatic carbocycles. The molecule has 2 aromatic rings. The van der Waals surface area contributed by atoms with Crippen LogP contribution in [0.5, 0.6) is 11.6 Å². The number of morpholine rings is 2. The molecule has 11 heteroatoms. The molecule has 0 saturated carbocycles. The van der Waals surface area contributed by atoms with E-state index in [-0.39, 0.29) is 50.2 Å². The van der Waals surface area contributed by atoms with E-state index >= 15 is 0 Å². The smallest absolute Gasteiger partial charge is 0.254 e. The first-order valence-electron chi connectivity index (χ1n) is 11.6. The highest BCUT2D eigenvalue weighted by molar-refractivity contribution is 5.79. The second-order valence-electron chi connectivity index (χ2n) is 8.59. The molecule has 0 bridgehead atoms. The Labute approximate surface area is 202 Å². The first kappa shape index (κ1) is 24.9. The van der Waals surface area contributed by atoms with E-state index in [0.29, 0.717) is 56.7 Å². The molecule has 2 saturated heterocycles. The van der Waals surface area contributed by atoms with E-state index in [0.717, 1.165) is 0 Å². The van der Waals surface area contributed by atoms with Crippen molar-refractivity contribution in [1.82, 2.24) is 15.0 Å². The maximum absolute atomic E-state index is 13.3. The number of amides is 2. The average molecular weight is 492 g/mol. The van der Waals surface area contributed by atoms with Gasteiger partial charge in [0.1, 0.15) is 29.5 Å². The number of carbonyl (C=O) groups excluding carboxylic acids is 2. The van der Waals surface area contributed by atoms with Crippen LogP contribution in [-0.4, -0.2) is 92.1 Å². The minimum absolute atomic E-state index is 0.0395. The molecule has 0 aliphatic carbocycles. The molecule has 0 spiro atoms. The number of ether oxygens (including phenoxy) is 4. The standard InChI is InChI=1S/C24H30FN3O7/c1-31-21-14-20(35-26-21)6-7-22(29)28-10-13-34-24(16-28,15-23(30)27-8-11-32-12-9-27)17-33-19-4-2-18(25)3-5-19/h2-5,14H,6-13,15-17H2,1H3/t24-/m0/s1. The molecule has 2 aliphatic heterocycles. The lowest BCUT2D eigenvalue weighted by Crippen LogP contribution is -2.58. The summed E-state index contributed by atoms with van der Waals surface area (Å²) < 4.78 is 40.8. The number of benzene rings is 1. The fourth-order valence-corrected chi connectivity index (χ4v) is 4.15. The van der Waals surface area contributed by atoms with Crippen molar-refractivity contribution in [2.45, 2.75) is 24.9 Å². The monoisotopic (exact) mass is 491 g/mol. The van der Waals surface area contributed by atoms with Crippen molar-refractivity contribution in [2.75, 3.05) is 59.7 Å². The summed E-state index contributed by atoms with van der Waals surface area (Å²) in [6, 6.07) is 7.29. The van der Waals surface area contributed by atoms with E-state index in [2.05, 4.69) is 5.16 Å². The van der Waals surface area contributed by atoms with Gasteiger partial charge in [-0.2, -0.15) is 0 Å². The summed E-state index contributed by atoms with van der Waals surface area (Å²) in [5.74, 6) is 0.822. The van der Waals surface area contributed by atoms with Gasteiger partial charge in [0.2, 0.25) is 11.8 Å². The number of methoxy groups -OCH3 is 1. The lowest BCUT2D eigenvalue weighted by atomic mass is 9.96. The first-order chi connectivity index (χ1) is 17.0. The number of hydrogen-bond acceptors (Lipinski definition) is 8. The van der Waals surface area contributed by atoms with Crippen LogP contribution < -0.4 is 9.47 Å². The van der Waals surface area contributed by atoms with Gasteiger partial charge in [-0.3, -0.25) is 9.59 Å². The lowest BCUT2D eigenvalue weighted by molar-refractivity contribution is -0.167. The van der Waals surface area contributed by atoms with Crippen molar-refractivity contribution >= 4 is 11.8 Å². The van der Waals surface area contributed by atoms with Gasteiger partial charge in [0.25, 0.3) is 5.88 Å². The fourth-order valence-electron chi connectivity index (χ4n) is 4.15. The van der Waals surface area contributed by atoms with Gasteiger partial charge < -0.3 is 33.3 Å². The lowest BCUT2D eigenvalue weighted by Gasteiger charge is -2.43. The van der Waals surface area contributed by atoms with Crippen LogP contribution in [-0.2, 0) is 25.5 Å². The van der Waals surface area contributed by atoms with Crippen LogP contribution in [0.1, 0.15) is 18.6 Å². The maximum Gasteiger partial charge on any atom is 0.254 e. The molecule has 4 rings (SSSR count). The van der Waals surface area contributed by atoms with E-state index in [1.165, 1.54) is 31.4 Å². The molecule has 3 heterocycles. The Morgan fingerprint density at radius 3 is 2.54 bits per heavy atom. The van der Waals surface area contributed by atoms with Crippen LogP contribution in [0.15, 0.2) is 34.9 Å². The summed E-state index contributed by atoms with van der Waals surface area (Å²) in [7, 11) is 1.49. The van der Waals surface area contributed by atoms with E-state index in [9.17, 15) is 14.0 Å². The third-order valence-electron chi connectivity index (χ3n) is 6.09. The minimum atomic E-state index is -1.03. The Balaban J connectivity index is 1.43. The minimum Gasteiger partial charge on any atom is -0.490 e. The molecular weight excluding hydrogens is 461 g/mol. The van der Waals surface area contributed by atoms with Crippen molar-refractivity contribution in [1.29, 1.82) is 0 Å². The van der Waals surface area contributed by atoms with Gasteiger partial charge in [0, 0.05) is 38.5 Å². The largest absolute Gasteiger partial charge is 0.490 e. The highest BCUT2D eigenvalue weighted by Crippen LogP contribution is 2.26. The van der Waals surface area contributed by atoms with Crippen LogP contribution in [0.3, 0.4) is 0 Å². The third-order valence-corrected chi connectivity index (χ3v) is 6.09. The molecule has 2 fully saturated rings. The van der Waals surface area contributed by atoms with Crippen molar-refractivity contribution in [3.63, 3.8) is 0 Å². The number of halogens is 1. The van der Waals surface area contributed by atoms with Crippen LogP contribution >= 0.6 is 0 Å². The van der Waals surface area contributed by atoms with Crippen LogP contribution in [0, 0.1) is 5.82 Å². The Kier molecular flexibility index (Phi) is 8.19. The third kappa shape index (κ3) is 6.70. The quantitative estimate of drug-likeness (QED) is 0.522. The van der Waals surface area contributed by atoms with Crippen LogP contribution in [0.4, 0.5) is 4.39 Å². The topological polar surface area (TPSA) is 104 Å². The molecule has 10 nitrogen and oxygen atoms in total. The number of hydrogen-bond donors (Lipinski definition) is 0. The van der Waals surface area contributed by atoms with Gasteiger partial charge in [0.05, 0.1) is 39.9 Å². The van der Waals surface area contributed by atoms with Crippen molar-refractivity contribution in [2.24, 2.45) is 0 Å². The molecule has 35 heavy (non-hydrogen) atoms. The first-order valence-corrected chi connectivity index (χ1v) is 11.6. The zero-order valence-corrected chi connectivity index (χ0v) is 19.7. The summed E-state index contributed by atoms with van der Waals surface area (Å²) in [4.78, 5) is 29.5. The van der Waals surface area contributed by atoms with Crippen LogP contribution in [0.2, 0.25) is 0 Å². The van der Waals surface area contributed by atoms with E-state index < -0.39 is 5.60 Å². The van der Waals surface area contributed by atoms with Gasteiger partial charge in [-0.05, 0) is 29.4 Å². The van der Waals surface area contributed by atoms with E-state index in [1.807, 2.05) is 0 Å². The number of aryl methyl sites for hydroxylation is 1. The van der Waals surface area contributed by atoms with Gasteiger partial charge in [-0.1, -0.05) is 0 Å². The highest BCUT2D eigenvalue weighted by atomic mass is 19.1. The summed E-state index contributed by atoms with van der Waals surface area (Å²) in [5, 5.41) is 3.75. The van der Waals surface area contributed by atoms with Crippen LogP contribution in [0.25, 0.3) is 0 Å². The molecule has 190 valence electrons. The molecular formula is C24H30FN3O7. The second kappa shape index (κ2) is 11.5. The summed E-state index contributed by atoms with van der Waals surface area (Å²) in [6.07, 6.45) is 0.639. The van der Waals surface area contributed by atoms with E-state index in [4.69, 9.17) is 23.5 Å². The van der Waals surface area contributed by atoms with Gasteiger partial charge >= 0.3 is 0 Å². The summed E-state index contributed by atoms with van der Waals surface area (Å²) >= 11 is 0. The molecule has 1 atom stereocenters. The number of nitrogens with zero attached hydrogens (tertiary/aromatic N) is 3. The van der Waals surface area contributed by atoms with Crippen molar-refractivity contribution in [3.05, 3.63) is 41.9 Å². The van der Waals surface area contributed by atoms with E-state index in [1.54, 1.807) is 15.9 Å². The summed E-state index contributed by atoms with van der Waals surface area (Å²) in [6.45, 7) is 2.91. The Morgan fingerprint density at radius 2 is 1.83 bits per heavy atom. The normalized spacial score (nSPS) is 20.5. The Morgan fingerprint density at radius 1 is 1.09 bits per heavy atom. The van der Waals surface area contributed by atoms with Crippen molar-refractivity contribution in [3.8, 4) is 11.6 Å². The SMILES string of the molecule is COc1cc(CCC(=O)N2CCO[C@@](COc3ccc(F)cc3)(CC(=O)N3CCOCC3)C2)on1. The molecule has 2 aliphatic rings. The Bertz CT molecular complexity index is 993. The zero-order valence-electron chi connectivity index (χ0n) is 19.7.